The van der Waals surface area contributed by atoms with Gasteiger partial charge in [0.15, 0.2) is 0 Å². The average molecular weight is 289 g/mol. The van der Waals surface area contributed by atoms with Gasteiger partial charge >= 0.3 is 0 Å². The topological polar surface area (TPSA) is 34.1 Å². The van der Waals surface area contributed by atoms with Crippen LogP contribution in [0.4, 0.5) is 0 Å². The van der Waals surface area contributed by atoms with Gasteiger partial charge in [0.05, 0.1) is 4.90 Å². The van der Waals surface area contributed by atoms with Crippen molar-refractivity contribution in [2.24, 2.45) is 5.92 Å². The Bertz CT molecular complexity index is 449. The molecule has 0 N–H and O–H groups in total. The highest BCUT2D eigenvalue weighted by atomic mass is 35.7. The summed E-state index contributed by atoms with van der Waals surface area (Å²) in [6, 6.07) is 6.84. The number of hydrogen-bond donors (Lipinski definition) is 0. The van der Waals surface area contributed by atoms with Gasteiger partial charge in [-0.2, -0.15) is 0 Å². The SMILES string of the molecule is CC(C)CCCCCc1ccc(S(=O)(=O)Cl)cc1. The zero-order chi connectivity index (χ0) is 13.6. The lowest BCUT2D eigenvalue weighted by Crippen LogP contribution is -1.92. The molecule has 2 nitrogen and oxygen atoms in total. The molecular weight excluding hydrogens is 268 g/mol. The molecule has 1 aromatic rings. The number of aryl methyl sites for hydroxylation is 1. The monoisotopic (exact) mass is 288 g/mol. The average Bonchev–Trinajstić information content (AvgIpc) is 2.27. The second kappa shape index (κ2) is 7.15. The summed E-state index contributed by atoms with van der Waals surface area (Å²) in [5.74, 6) is 0.776. The van der Waals surface area contributed by atoms with E-state index in [1.165, 1.54) is 24.8 Å². The smallest absolute Gasteiger partial charge is 0.207 e. The molecule has 0 atom stereocenters. The van der Waals surface area contributed by atoms with Gasteiger partial charge in [-0.3, -0.25) is 0 Å². The highest BCUT2D eigenvalue weighted by Gasteiger charge is 2.08. The molecule has 0 aliphatic rings. The summed E-state index contributed by atoms with van der Waals surface area (Å²) in [4.78, 5) is 0.174. The number of benzene rings is 1. The van der Waals surface area contributed by atoms with E-state index >= 15 is 0 Å². The molecule has 0 spiro atoms. The van der Waals surface area contributed by atoms with Crippen molar-refractivity contribution in [1.29, 1.82) is 0 Å². The second-order valence-corrected chi connectivity index (χ2v) is 7.64. The Labute approximate surface area is 115 Å². The first-order valence-electron chi connectivity index (χ1n) is 6.43. The Balaban J connectivity index is 2.36. The third kappa shape index (κ3) is 5.87. The third-order valence-electron chi connectivity index (χ3n) is 2.95. The Morgan fingerprint density at radius 1 is 1.06 bits per heavy atom. The maximum Gasteiger partial charge on any atom is 0.261 e. The summed E-state index contributed by atoms with van der Waals surface area (Å²) in [6.45, 7) is 4.48. The lowest BCUT2D eigenvalue weighted by atomic mass is 10.0. The minimum Gasteiger partial charge on any atom is -0.207 e. The summed E-state index contributed by atoms with van der Waals surface area (Å²) >= 11 is 0. The normalized spacial score (nSPS) is 12.0. The summed E-state index contributed by atoms with van der Waals surface area (Å²) in [7, 11) is 1.67. The van der Waals surface area contributed by atoms with Crippen LogP contribution in [0.5, 0.6) is 0 Å². The quantitative estimate of drug-likeness (QED) is 0.551. The van der Waals surface area contributed by atoms with E-state index in [0.29, 0.717) is 0 Å². The van der Waals surface area contributed by atoms with Crippen molar-refractivity contribution in [2.45, 2.75) is 50.8 Å². The van der Waals surface area contributed by atoms with E-state index in [4.69, 9.17) is 10.7 Å². The molecule has 0 aromatic heterocycles. The summed E-state index contributed by atoms with van der Waals surface area (Å²) < 4.78 is 22.1. The molecule has 0 heterocycles. The van der Waals surface area contributed by atoms with Crippen molar-refractivity contribution >= 4 is 19.7 Å². The molecule has 1 aromatic carbocycles. The Morgan fingerprint density at radius 3 is 2.17 bits per heavy atom. The fourth-order valence-electron chi connectivity index (χ4n) is 1.88. The van der Waals surface area contributed by atoms with Crippen molar-refractivity contribution in [3.63, 3.8) is 0 Å². The number of hydrogen-bond acceptors (Lipinski definition) is 2. The van der Waals surface area contributed by atoms with Gasteiger partial charge < -0.3 is 0 Å². The predicted octanol–water partition coefficient (Wildman–Crippen LogP) is 4.37. The lowest BCUT2D eigenvalue weighted by Gasteiger charge is -2.05. The molecule has 4 heteroatoms. The van der Waals surface area contributed by atoms with Crippen LogP contribution >= 0.6 is 10.7 Å². The van der Waals surface area contributed by atoms with Gasteiger partial charge in [-0.15, -0.1) is 0 Å². The van der Waals surface area contributed by atoms with Crippen molar-refractivity contribution in [3.05, 3.63) is 29.8 Å². The molecule has 1 rings (SSSR count). The van der Waals surface area contributed by atoms with Gasteiger partial charge in [-0.25, -0.2) is 8.42 Å². The molecule has 0 saturated heterocycles. The Hall–Kier alpha value is -0.540. The molecule has 0 radical (unpaired) electrons. The van der Waals surface area contributed by atoms with E-state index in [1.807, 2.05) is 12.1 Å². The largest absolute Gasteiger partial charge is 0.261 e. The molecule has 0 unspecified atom stereocenters. The third-order valence-corrected chi connectivity index (χ3v) is 4.32. The lowest BCUT2D eigenvalue weighted by molar-refractivity contribution is 0.527. The zero-order valence-corrected chi connectivity index (χ0v) is 12.6. The van der Waals surface area contributed by atoms with Crippen molar-refractivity contribution in [2.75, 3.05) is 0 Å². The van der Waals surface area contributed by atoms with Crippen LogP contribution in [-0.4, -0.2) is 8.42 Å². The highest BCUT2D eigenvalue weighted by Crippen LogP contribution is 2.17. The maximum absolute atomic E-state index is 11.1. The number of rotatable bonds is 7. The van der Waals surface area contributed by atoms with E-state index in [1.54, 1.807) is 12.1 Å². The molecule has 0 aliphatic heterocycles. The van der Waals surface area contributed by atoms with E-state index in [0.717, 1.165) is 18.8 Å². The van der Waals surface area contributed by atoms with Gasteiger partial charge in [-0.1, -0.05) is 45.2 Å². The van der Waals surface area contributed by atoms with Crippen LogP contribution in [0.2, 0.25) is 0 Å². The van der Waals surface area contributed by atoms with Crippen LogP contribution in [0.15, 0.2) is 29.2 Å². The summed E-state index contributed by atoms with van der Waals surface area (Å²) in [5.41, 5.74) is 1.17. The summed E-state index contributed by atoms with van der Waals surface area (Å²) in [6.07, 6.45) is 5.93. The summed E-state index contributed by atoms with van der Waals surface area (Å²) in [5, 5.41) is 0. The first kappa shape index (κ1) is 15.5. The fourth-order valence-corrected chi connectivity index (χ4v) is 2.65. The number of unbranched alkanes of at least 4 members (excludes halogenated alkanes) is 2. The van der Waals surface area contributed by atoms with Gasteiger partial charge in [0.25, 0.3) is 9.05 Å². The fraction of sp³-hybridized carbons (Fsp3) is 0.571. The van der Waals surface area contributed by atoms with E-state index in [-0.39, 0.29) is 4.90 Å². The zero-order valence-electron chi connectivity index (χ0n) is 11.0. The molecule has 0 aliphatic carbocycles. The number of halogens is 1. The second-order valence-electron chi connectivity index (χ2n) is 5.07. The molecular formula is C14H21ClO2S. The van der Waals surface area contributed by atoms with Crippen LogP contribution in [0.3, 0.4) is 0 Å². The van der Waals surface area contributed by atoms with Gasteiger partial charge in [-0.05, 0) is 36.5 Å². The van der Waals surface area contributed by atoms with Crippen LogP contribution in [0.1, 0.15) is 45.1 Å². The van der Waals surface area contributed by atoms with Crippen LogP contribution in [-0.2, 0) is 15.5 Å². The maximum atomic E-state index is 11.1. The van der Waals surface area contributed by atoms with Gasteiger partial charge in [0.1, 0.15) is 0 Å². The molecule has 0 fully saturated rings. The highest BCUT2D eigenvalue weighted by molar-refractivity contribution is 8.13. The Kier molecular flexibility index (Phi) is 6.16. The van der Waals surface area contributed by atoms with Crippen LogP contribution in [0.25, 0.3) is 0 Å². The van der Waals surface area contributed by atoms with E-state index < -0.39 is 9.05 Å². The van der Waals surface area contributed by atoms with Gasteiger partial charge in [0.2, 0.25) is 0 Å². The van der Waals surface area contributed by atoms with Gasteiger partial charge in [0, 0.05) is 10.7 Å². The first-order valence-corrected chi connectivity index (χ1v) is 8.74. The molecule has 0 amide bonds. The molecule has 18 heavy (non-hydrogen) atoms. The minimum absolute atomic E-state index is 0.174. The molecule has 0 bridgehead atoms. The van der Waals surface area contributed by atoms with Crippen molar-refractivity contribution in [1.82, 2.24) is 0 Å². The van der Waals surface area contributed by atoms with Crippen molar-refractivity contribution in [3.8, 4) is 0 Å². The van der Waals surface area contributed by atoms with Crippen LogP contribution < -0.4 is 0 Å². The predicted molar refractivity (Wildman–Crippen MR) is 76.5 cm³/mol. The van der Waals surface area contributed by atoms with Crippen molar-refractivity contribution < 1.29 is 8.42 Å². The molecule has 0 saturated carbocycles. The van der Waals surface area contributed by atoms with E-state index in [9.17, 15) is 8.42 Å². The minimum atomic E-state index is -3.59. The van der Waals surface area contributed by atoms with E-state index in [2.05, 4.69) is 13.8 Å². The van der Waals surface area contributed by atoms with Crippen LogP contribution in [0, 0.1) is 5.92 Å². The Morgan fingerprint density at radius 2 is 1.67 bits per heavy atom. The molecule has 102 valence electrons. The first-order chi connectivity index (χ1) is 8.39. The standard InChI is InChI=1S/C14H21ClO2S/c1-12(2)6-4-3-5-7-13-8-10-14(11-9-13)18(15,16)17/h8-12H,3-7H2,1-2H3.